The van der Waals surface area contributed by atoms with Crippen LogP contribution in [0.1, 0.15) is 13.3 Å². The topological polar surface area (TPSA) is 117 Å². The molecule has 1 amide bonds. The molecule has 10 nitrogen and oxygen atoms in total. The van der Waals surface area contributed by atoms with Crippen LogP contribution in [0, 0.1) is 0 Å². The minimum Gasteiger partial charge on any atom is -0.497 e. The molecule has 1 aromatic heterocycles. The maximum Gasteiger partial charge on any atom is 0.241 e. The minimum absolute atomic E-state index is 0.0815. The summed E-state index contributed by atoms with van der Waals surface area (Å²) < 4.78 is 32.4. The van der Waals surface area contributed by atoms with Crippen molar-refractivity contribution in [3.8, 4) is 5.75 Å². The zero-order valence-electron chi connectivity index (χ0n) is 18.4. The normalized spacial score (nSPS) is 15.9. The van der Waals surface area contributed by atoms with E-state index >= 15 is 0 Å². The summed E-state index contributed by atoms with van der Waals surface area (Å²) in [6, 6.07) is 6.93. The van der Waals surface area contributed by atoms with E-state index in [-0.39, 0.29) is 10.8 Å². The number of nitrogens with zero attached hydrogens (tertiary/aromatic N) is 4. The van der Waals surface area contributed by atoms with Gasteiger partial charge in [-0.2, -0.15) is 4.72 Å². The third kappa shape index (κ3) is 6.62. The molecule has 1 aromatic carbocycles. The monoisotopic (exact) mass is 462 g/mol. The first-order valence-corrected chi connectivity index (χ1v) is 12.1. The number of hydrogen-bond donors (Lipinski definition) is 2. The second kappa shape index (κ2) is 11.2. The first-order valence-electron chi connectivity index (χ1n) is 10.6. The summed E-state index contributed by atoms with van der Waals surface area (Å²) in [6.07, 6.45) is 4.27. The molecule has 1 saturated heterocycles. The number of benzene rings is 1. The van der Waals surface area contributed by atoms with Crippen molar-refractivity contribution in [3.05, 3.63) is 42.7 Å². The highest BCUT2D eigenvalue weighted by molar-refractivity contribution is 7.89. The van der Waals surface area contributed by atoms with E-state index in [1.807, 2.05) is 0 Å². The zero-order valence-corrected chi connectivity index (χ0v) is 19.2. The third-order valence-electron chi connectivity index (χ3n) is 5.25. The van der Waals surface area contributed by atoms with Crippen LogP contribution < -0.4 is 19.7 Å². The van der Waals surface area contributed by atoms with Crippen molar-refractivity contribution >= 4 is 21.9 Å². The molecule has 2 heterocycles. The van der Waals surface area contributed by atoms with E-state index in [0.29, 0.717) is 12.3 Å². The average molecular weight is 463 g/mol. The number of sulfonamides is 1. The molecule has 32 heavy (non-hydrogen) atoms. The Bertz CT molecular complexity index is 964. The molecule has 0 unspecified atom stereocenters. The van der Waals surface area contributed by atoms with Crippen molar-refractivity contribution in [1.29, 1.82) is 0 Å². The molecule has 1 atom stereocenters. The molecular weight excluding hydrogens is 432 g/mol. The summed E-state index contributed by atoms with van der Waals surface area (Å²) in [6.45, 7) is 6.40. The number of anilines is 1. The first-order chi connectivity index (χ1) is 15.4. The van der Waals surface area contributed by atoms with Gasteiger partial charge in [0.25, 0.3) is 0 Å². The molecule has 174 valence electrons. The van der Waals surface area contributed by atoms with Gasteiger partial charge in [-0.05, 0) is 50.2 Å². The Morgan fingerprint density at radius 3 is 2.41 bits per heavy atom. The third-order valence-corrected chi connectivity index (χ3v) is 6.81. The van der Waals surface area contributed by atoms with Crippen LogP contribution in [0.2, 0.25) is 0 Å². The van der Waals surface area contributed by atoms with Crippen LogP contribution in [0.3, 0.4) is 0 Å². The van der Waals surface area contributed by atoms with Crippen molar-refractivity contribution in [2.75, 3.05) is 51.3 Å². The molecule has 0 aliphatic carbocycles. The number of amides is 1. The van der Waals surface area contributed by atoms with Gasteiger partial charge in [-0.3, -0.25) is 9.69 Å². The van der Waals surface area contributed by atoms with Crippen LogP contribution in [0.4, 0.5) is 5.95 Å². The minimum atomic E-state index is -3.79. The lowest BCUT2D eigenvalue weighted by atomic mass is 10.3. The lowest BCUT2D eigenvalue weighted by molar-refractivity contribution is -0.122. The molecule has 0 spiro atoms. The highest BCUT2D eigenvalue weighted by atomic mass is 32.2. The van der Waals surface area contributed by atoms with E-state index in [4.69, 9.17) is 4.74 Å². The van der Waals surface area contributed by atoms with Gasteiger partial charge < -0.3 is 15.0 Å². The van der Waals surface area contributed by atoms with Gasteiger partial charge >= 0.3 is 0 Å². The van der Waals surface area contributed by atoms with Crippen molar-refractivity contribution in [1.82, 2.24) is 24.9 Å². The predicted octanol–water partition coefficient (Wildman–Crippen LogP) is 0.481. The zero-order chi connectivity index (χ0) is 23.0. The Kier molecular flexibility index (Phi) is 8.37. The van der Waals surface area contributed by atoms with Gasteiger partial charge in [-0.25, -0.2) is 18.4 Å². The van der Waals surface area contributed by atoms with E-state index in [1.54, 1.807) is 30.6 Å². The van der Waals surface area contributed by atoms with Gasteiger partial charge in [0.05, 0.1) is 18.0 Å². The summed E-state index contributed by atoms with van der Waals surface area (Å²) in [5.74, 6) is 0.961. The van der Waals surface area contributed by atoms with Gasteiger partial charge in [-0.1, -0.05) is 0 Å². The Morgan fingerprint density at radius 1 is 1.12 bits per heavy atom. The number of hydrogen-bond acceptors (Lipinski definition) is 8. The smallest absolute Gasteiger partial charge is 0.241 e. The summed E-state index contributed by atoms with van der Waals surface area (Å²) in [5, 5.41) is 2.81. The van der Waals surface area contributed by atoms with Crippen LogP contribution in [-0.4, -0.2) is 81.6 Å². The number of ether oxygens (including phenoxy) is 1. The Hall–Kier alpha value is -2.76. The molecule has 0 saturated carbocycles. The number of rotatable bonds is 10. The number of carbonyl (C=O) groups excluding carboxylic acids is 1. The van der Waals surface area contributed by atoms with Gasteiger partial charge in [0.1, 0.15) is 5.75 Å². The van der Waals surface area contributed by atoms with Crippen LogP contribution in [-0.2, 0) is 14.8 Å². The quantitative estimate of drug-likeness (QED) is 0.490. The molecule has 1 aliphatic rings. The van der Waals surface area contributed by atoms with Crippen molar-refractivity contribution in [2.45, 2.75) is 24.3 Å². The summed E-state index contributed by atoms with van der Waals surface area (Å²) in [5.41, 5.74) is 0. The summed E-state index contributed by atoms with van der Waals surface area (Å²) in [4.78, 5) is 25.5. The summed E-state index contributed by atoms with van der Waals surface area (Å²) >= 11 is 0. The maximum atomic E-state index is 12.5. The van der Waals surface area contributed by atoms with Crippen LogP contribution in [0.5, 0.6) is 5.75 Å². The molecule has 0 bridgehead atoms. The fraction of sp³-hybridized carbons (Fsp3) is 0.476. The standard InChI is InChI=1S/C21H30N6O4S/c1-17(25-32(29,30)19-7-5-18(31-2)6-8-19)20(28)22-11-4-12-26-13-15-27(16-14-26)21-23-9-3-10-24-21/h3,5-10,17,25H,4,11-16H2,1-2H3,(H,22,28)/t17-/m0/s1. The molecule has 11 heteroatoms. The van der Waals surface area contributed by atoms with E-state index in [1.165, 1.54) is 26.2 Å². The molecule has 1 aliphatic heterocycles. The Balaban J connectivity index is 1.35. The van der Waals surface area contributed by atoms with Crippen LogP contribution >= 0.6 is 0 Å². The number of nitrogens with one attached hydrogen (secondary N) is 2. The molecule has 2 N–H and O–H groups in total. The Morgan fingerprint density at radius 2 is 1.78 bits per heavy atom. The van der Waals surface area contributed by atoms with Gasteiger partial charge in [-0.15, -0.1) is 0 Å². The maximum absolute atomic E-state index is 12.5. The second-order valence-electron chi connectivity index (χ2n) is 7.54. The predicted molar refractivity (Wildman–Crippen MR) is 121 cm³/mol. The van der Waals surface area contributed by atoms with E-state index in [2.05, 4.69) is 29.8 Å². The fourth-order valence-electron chi connectivity index (χ4n) is 3.40. The number of methoxy groups -OCH3 is 1. The summed E-state index contributed by atoms with van der Waals surface area (Å²) in [7, 11) is -2.29. The first kappa shape index (κ1) is 23.9. The molecule has 3 rings (SSSR count). The number of piperazine rings is 1. The van der Waals surface area contributed by atoms with E-state index in [0.717, 1.165) is 45.1 Å². The SMILES string of the molecule is COc1ccc(S(=O)(=O)N[C@@H](C)C(=O)NCCCN2CCN(c3ncccn3)CC2)cc1. The van der Waals surface area contributed by atoms with E-state index in [9.17, 15) is 13.2 Å². The molecular formula is C21H30N6O4S. The second-order valence-corrected chi connectivity index (χ2v) is 9.25. The number of carbonyl (C=O) groups is 1. The highest BCUT2D eigenvalue weighted by Gasteiger charge is 2.22. The Labute approximate surface area is 189 Å². The van der Waals surface area contributed by atoms with Crippen LogP contribution in [0.15, 0.2) is 47.6 Å². The molecule has 2 aromatic rings. The highest BCUT2D eigenvalue weighted by Crippen LogP contribution is 2.15. The number of aromatic nitrogens is 2. The molecule has 1 fully saturated rings. The van der Waals surface area contributed by atoms with E-state index < -0.39 is 16.1 Å². The fourth-order valence-corrected chi connectivity index (χ4v) is 4.61. The van der Waals surface area contributed by atoms with Crippen molar-refractivity contribution < 1.29 is 17.9 Å². The average Bonchev–Trinajstić information content (AvgIpc) is 2.82. The van der Waals surface area contributed by atoms with Gasteiger partial charge in [0.15, 0.2) is 0 Å². The van der Waals surface area contributed by atoms with Crippen LogP contribution in [0.25, 0.3) is 0 Å². The molecule has 0 radical (unpaired) electrons. The lowest BCUT2D eigenvalue weighted by Gasteiger charge is -2.34. The van der Waals surface area contributed by atoms with Crippen molar-refractivity contribution in [2.24, 2.45) is 0 Å². The van der Waals surface area contributed by atoms with Gasteiger partial charge in [0.2, 0.25) is 21.9 Å². The van der Waals surface area contributed by atoms with Crippen molar-refractivity contribution in [3.63, 3.8) is 0 Å². The van der Waals surface area contributed by atoms with Gasteiger partial charge in [0, 0.05) is 45.1 Å². The largest absolute Gasteiger partial charge is 0.497 e. The lowest BCUT2D eigenvalue weighted by Crippen LogP contribution is -2.48.